The van der Waals surface area contributed by atoms with Crippen LogP contribution >= 0.6 is 0 Å². The Balaban J connectivity index is 2.01. The Morgan fingerprint density at radius 2 is 1.89 bits per heavy atom. The summed E-state index contributed by atoms with van der Waals surface area (Å²) < 4.78 is 0. The van der Waals surface area contributed by atoms with Crippen molar-refractivity contribution in [3.8, 4) is 0 Å². The third-order valence-corrected chi connectivity index (χ3v) is 4.34. The van der Waals surface area contributed by atoms with Crippen LogP contribution in [-0.4, -0.2) is 41.1 Å². The Kier molecular flexibility index (Phi) is 4.04. The van der Waals surface area contributed by atoms with Crippen LogP contribution in [0.5, 0.6) is 0 Å². The molecular weight excluding hydrogens is 244 g/mol. The first kappa shape index (κ1) is 14.2. The number of nitrogens with zero attached hydrogens (tertiary/aromatic N) is 1. The second kappa shape index (κ2) is 5.41. The zero-order valence-corrected chi connectivity index (χ0v) is 11.7. The fourth-order valence-electron chi connectivity index (χ4n) is 2.83. The summed E-state index contributed by atoms with van der Waals surface area (Å²) in [5.41, 5.74) is -0.793. The number of nitrogens with one attached hydrogen (secondary N) is 1. The molecule has 2 amide bonds. The van der Waals surface area contributed by atoms with Crippen molar-refractivity contribution in [1.82, 2.24) is 10.2 Å². The maximum atomic E-state index is 12.3. The Morgan fingerprint density at radius 1 is 1.26 bits per heavy atom. The molecule has 1 saturated carbocycles. The molecule has 0 unspecified atom stereocenters. The highest BCUT2D eigenvalue weighted by Gasteiger charge is 2.42. The van der Waals surface area contributed by atoms with Crippen LogP contribution in [-0.2, 0) is 14.4 Å². The van der Waals surface area contributed by atoms with Gasteiger partial charge in [0.2, 0.25) is 11.8 Å². The van der Waals surface area contributed by atoms with Crippen LogP contribution in [0.3, 0.4) is 0 Å². The zero-order chi connectivity index (χ0) is 14.0. The Hall–Kier alpha value is -1.23. The molecule has 106 valence electrons. The van der Waals surface area contributed by atoms with E-state index in [0.29, 0.717) is 0 Å². The SMILES string of the molecule is CC1(C)C(=O)NC(=O)CN1CC(=O)C1CCCCC1. The first-order chi connectivity index (χ1) is 8.91. The summed E-state index contributed by atoms with van der Waals surface area (Å²) in [6.45, 7) is 3.83. The predicted molar refractivity (Wildman–Crippen MR) is 70.4 cm³/mol. The van der Waals surface area contributed by atoms with Crippen molar-refractivity contribution >= 4 is 17.6 Å². The van der Waals surface area contributed by atoms with Gasteiger partial charge in [-0.05, 0) is 26.7 Å². The molecule has 0 atom stereocenters. The number of amides is 2. The lowest BCUT2D eigenvalue weighted by molar-refractivity contribution is -0.146. The van der Waals surface area contributed by atoms with Crippen molar-refractivity contribution in [2.24, 2.45) is 5.92 Å². The van der Waals surface area contributed by atoms with Gasteiger partial charge in [0, 0.05) is 5.92 Å². The Bertz CT molecular complexity index is 397. The second-order valence-corrected chi connectivity index (χ2v) is 6.09. The van der Waals surface area contributed by atoms with Crippen LogP contribution in [0.1, 0.15) is 46.0 Å². The highest BCUT2D eigenvalue weighted by molar-refractivity contribution is 6.03. The molecule has 2 rings (SSSR count). The number of carbonyl (C=O) groups excluding carboxylic acids is 3. The minimum absolute atomic E-state index is 0.115. The molecule has 0 aromatic heterocycles. The lowest BCUT2D eigenvalue weighted by Gasteiger charge is -2.40. The molecule has 0 bridgehead atoms. The third-order valence-electron chi connectivity index (χ3n) is 4.34. The molecule has 1 aliphatic carbocycles. The number of hydrogen-bond donors (Lipinski definition) is 1. The number of hydrogen-bond acceptors (Lipinski definition) is 4. The van der Waals surface area contributed by atoms with Crippen LogP contribution < -0.4 is 5.32 Å². The minimum Gasteiger partial charge on any atom is -0.298 e. The Morgan fingerprint density at radius 3 is 2.53 bits per heavy atom. The average Bonchev–Trinajstić information content (AvgIpc) is 2.37. The van der Waals surface area contributed by atoms with Crippen molar-refractivity contribution in [2.45, 2.75) is 51.5 Å². The summed E-state index contributed by atoms with van der Waals surface area (Å²) in [4.78, 5) is 37.2. The van der Waals surface area contributed by atoms with Crippen LogP contribution in [0.15, 0.2) is 0 Å². The van der Waals surface area contributed by atoms with Gasteiger partial charge < -0.3 is 0 Å². The summed E-state index contributed by atoms with van der Waals surface area (Å²) in [5, 5.41) is 2.32. The largest absolute Gasteiger partial charge is 0.298 e. The van der Waals surface area contributed by atoms with Gasteiger partial charge in [0.25, 0.3) is 0 Å². The van der Waals surface area contributed by atoms with Crippen LogP contribution in [0.2, 0.25) is 0 Å². The monoisotopic (exact) mass is 266 g/mol. The molecule has 1 saturated heterocycles. The van der Waals surface area contributed by atoms with Gasteiger partial charge in [-0.15, -0.1) is 0 Å². The van der Waals surface area contributed by atoms with Gasteiger partial charge in [0.05, 0.1) is 18.6 Å². The maximum absolute atomic E-state index is 12.3. The molecule has 0 aromatic carbocycles. The van der Waals surface area contributed by atoms with E-state index in [9.17, 15) is 14.4 Å². The lowest BCUT2D eigenvalue weighted by Crippen LogP contribution is -2.65. The topological polar surface area (TPSA) is 66.5 Å². The number of ketones is 1. The van der Waals surface area contributed by atoms with E-state index < -0.39 is 5.54 Å². The standard InChI is InChI=1S/C14H22N2O3/c1-14(2)13(19)15-12(18)9-16(14)8-11(17)10-6-4-3-5-7-10/h10H,3-9H2,1-2H3,(H,15,18,19). The number of imide groups is 1. The van der Waals surface area contributed by atoms with Crippen LogP contribution in [0.25, 0.3) is 0 Å². The van der Waals surface area contributed by atoms with Crippen molar-refractivity contribution in [2.75, 3.05) is 13.1 Å². The highest BCUT2D eigenvalue weighted by atomic mass is 16.2. The molecule has 5 heteroatoms. The number of carbonyl (C=O) groups is 3. The molecule has 5 nitrogen and oxygen atoms in total. The summed E-state index contributed by atoms with van der Waals surface area (Å²) >= 11 is 0. The third kappa shape index (κ3) is 3.03. The lowest BCUT2D eigenvalue weighted by atomic mass is 9.85. The molecule has 19 heavy (non-hydrogen) atoms. The van der Waals surface area contributed by atoms with E-state index >= 15 is 0 Å². The van der Waals surface area contributed by atoms with Crippen molar-refractivity contribution in [1.29, 1.82) is 0 Å². The van der Waals surface area contributed by atoms with Gasteiger partial charge in [-0.2, -0.15) is 0 Å². The molecule has 2 aliphatic rings. The number of rotatable bonds is 3. The first-order valence-corrected chi connectivity index (χ1v) is 7.03. The van der Waals surface area contributed by atoms with Crippen molar-refractivity contribution < 1.29 is 14.4 Å². The van der Waals surface area contributed by atoms with E-state index in [1.807, 2.05) is 0 Å². The van der Waals surface area contributed by atoms with E-state index in [4.69, 9.17) is 0 Å². The normalized spacial score (nSPS) is 25.2. The van der Waals surface area contributed by atoms with Gasteiger partial charge in [0.1, 0.15) is 5.78 Å². The minimum atomic E-state index is -0.793. The number of Topliss-reactive ketones (excluding diaryl/α,β-unsaturated/α-hetero) is 1. The van der Waals surface area contributed by atoms with Gasteiger partial charge in [-0.3, -0.25) is 24.6 Å². The van der Waals surface area contributed by atoms with Crippen molar-refractivity contribution in [3.05, 3.63) is 0 Å². The van der Waals surface area contributed by atoms with Gasteiger partial charge in [0.15, 0.2) is 0 Å². The zero-order valence-electron chi connectivity index (χ0n) is 11.7. The van der Waals surface area contributed by atoms with E-state index in [1.165, 1.54) is 6.42 Å². The molecule has 1 aliphatic heterocycles. The highest BCUT2D eigenvalue weighted by Crippen LogP contribution is 2.26. The molecule has 1 N–H and O–H groups in total. The van der Waals surface area contributed by atoms with E-state index in [2.05, 4.69) is 5.32 Å². The molecule has 0 spiro atoms. The van der Waals surface area contributed by atoms with E-state index in [1.54, 1.807) is 18.7 Å². The van der Waals surface area contributed by atoms with Gasteiger partial charge in [-0.25, -0.2) is 0 Å². The Labute approximate surface area is 113 Å². The molecule has 0 radical (unpaired) electrons. The smallest absolute Gasteiger partial charge is 0.246 e. The summed E-state index contributed by atoms with van der Waals surface area (Å²) in [7, 11) is 0. The van der Waals surface area contributed by atoms with Gasteiger partial charge in [-0.1, -0.05) is 19.3 Å². The van der Waals surface area contributed by atoms with E-state index in [-0.39, 0.29) is 36.6 Å². The van der Waals surface area contributed by atoms with Crippen LogP contribution in [0, 0.1) is 5.92 Å². The fourth-order valence-corrected chi connectivity index (χ4v) is 2.83. The molecule has 1 heterocycles. The quantitative estimate of drug-likeness (QED) is 0.770. The average molecular weight is 266 g/mol. The van der Waals surface area contributed by atoms with Crippen molar-refractivity contribution in [3.63, 3.8) is 0 Å². The summed E-state index contributed by atoms with van der Waals surface area (Å²) in [6, 6.07) is 0. The first-order valence-electron chi connectivity index (χ1n) is 7.03. The van der Waals surface area contributed by atoms with E-state index in [0.717, 1.165) is 25.7 Å². The number of piperazine rings is 1. The molecule has 2 fully saturated rings. The second-order valence-electron chi connectivity index (χ2n) is 6.09. The fraction of sp³-hybridized carbons (Fsp3) is 0.786. The summed E-state index contributed by atoms with van der Waals surface area (Å²) in [6.07, 6.45) is 5.33. The molecular formula is C14H22N2O3. The summed E-state index contributed by atoms with van der Waals surface area (Å²) in [5.74, 6) is -0.346. The predicted octanol–water partition coefficient (Wildman–Crippen LogP) is 0.873. The maximum Gasteiger partial charge on any atom is 0.246 e. The van der Waals surface area contributed by atoms with Gasteiger partial charge >= 0.3 is 0 Å². The van der Waals surface area contributed by atoms with Crippen LogP contribution in [0.4, 0.5) is 0 Å². The molecule has 0 aromatic rings.